The van der Waals surface area contributed by atoms with Gasteiger partial charge in [-0.05, 0) is 6.07 Å². The third-order valence-electron chi connectivity index (χ3n) is 2.36. The molecule has 0 atom stereocenters. The summed E-state index contributed by atoms with van der Waals surface area (Å²) in [4.78, 5) is 25.8. The smallest absolute Gasteiger partial charge is 0.356 e. The molecule has 0 amide bonds. The van der Waals surface area contributed by atoms with Gasteiger partial charge in [-0.1, -0.05) is 28.1 Å². The number of non-ortho nitro benzene ring substituents is 1. The summed E-state index contributed by atoms with van der Waals surface area (Å²) in [7, 11) is 1.22. The van der Waals surface area contributed by atoms with Gasteiger partial charge in [0, 0.05) is 15.9 Å². The van der Waals surface area contributed by atoms with Crippen molar-refractivity contribution in [1.82, 2.24) is 4.98 Å². The molecular formula is C11H7BrN2O4. The highest BCUT2D eigenvalue weighted by Crippen LogP contribution is 2.29. The minimum atomic E-state index is -0.643. The first-order valence-corrected chi connectivity index (χ1v) is 5.66. The van der Waals surface area contributed by atoms with Crippen LogP contribution in [0.3, 0.4) is 0 Å². The number of aromatic nitrogens is 1. The van der Waals surface area contributed by atoms with Gasteiger partial charge in [-0.2, -0.15) is 0 Å². The van der Waals surface area contributed by atoms with Crippen LogP contribution in [0.2, 0.25) is 0 Å². The highest BCUT2D eigenvalue weighted by Gasteiger charge is 2.18. The molecule has 0 aliphatic carbocycles. The molecule has 1 aromatic heterocycles. The average molecular weight is 311 g/mol. The minimum Gasteiger partial charge on any atom is -0.464 e. The van der Waals surface area contributed by atoms with E-state index < -0.39 is 10.9 Å². The number of pyridine rings is 1. The van der Waals surface area contributed by atoms with E-state index in [-0.39, 0.29) is 16.9 Å². The van der Waals surface area contributed by atoms with Crippen LogP contribution in [-0.4, -0.2) is 23.0 Å². The number of nitro benzene ring substituents is 1. The van der Waals surface area contributed by atoms with E-state index in [0.717, 1.165) is 0 Å². The Labute approximate surface area is 110 Å². The van der Waals surface area contributed by atoms with E-state index in [1.165, 1.54) is 19.2 Å². The number of ether oxygens (including phenoxy) is 1. The van der Waals surface area contributed by atoms with Gasteiger partial charge in [0.05, 0.1) is 12.0 Å². The monoisotopic (exact) mass is 310 g/mol. The molecule has 0 fully saturated rings. The fourth-order valence-electron chi connectivity index (χ4n) is 1.55. The number of carbonyl (C=O) groups is 1. The molecule has 0 aliphatic heterocycles. The highest BCUT2D eigenvalue weighted by molar-refractivity contribution is 9.10. The van der Waals surface area contributed by atoms with Crippen LogP contribution in [0.1, 0.15) is 10.5 Å². The van der Waals surface area contributed by atoms with Gasteiger partial charge >= 0.3 is 5.97 Å². The molecule has 7 heteroatoms. The molecule has 0 saturated carbocycles. The van der Waals surface area contributed by atoms with Crippen molar-refractivity contribution >= 4 is 38.5 Å². The maximum Gasteiger partial charge on any atom is 0.356 e. The van der Waals surface area contributed by atoms with E-state index in [1.54, 1.807) is 12.1 Å². The van der Waals surface area contributed by atoms with Gasteiger partial charge in [0.25, 0.3) is 5.69 Å². The molecule has 0 N–H and O–H groups in total. The summed E-state index contributed by atoms with van der Waals surface area (Å²) in [5, 5.41) is 11.5. The summed E-state index contributed by atoms with van der Waals surface area (Å²) >= 11 is 3.26. The van der Waals surface area contributed by atoms with E-state index in [2.05, 4.69) is 25.7 Å². The SMILES string of the molecule is COC(=O)c1cc(Br)c2cccc([N+](=O)[O-])c2n1. The Hall–Kier alpha value is -2.02. The van der Waals surface area contributed by atoms with E-state index in [9.17, 15) is 14.9 Å². The number of para-hydroxylation sites is 1. The third-order valence-corrected chi connectivity index (χ3v) is 3.02. The van der Waals surface area contributed by atoms with Crippen molar-refractivity contribution < 1.29 is 14.5 Å². The maximum atomic E-state index is 11.4. The second kappa shape index (κ2) is 4.69. The molecule has 2 rings (SSSR count). The number of methoxy groups -OCH3 is 1. The van der Waals surface area contributed by atoms with Crippen LogP contribution in [0.4, 0.5) is 5.69 Å². The summed E-state index contributed by atoms with van der Waals surface area (Å²) in [6, 6.07) is 6.05. The molecule has 0 saturated heterocycles. The number of hydrogen-bond donors (Lipinski definition) is 0. The molecule has 0 spiro atoms. The van der Waals surface area contributed by atoms with Gasteiger partial charge in [0.1, 0.15) is 5.52 Å². The normalized spacial score (nSPS) is 10.3. The standard InChI is InChI=1S/C11H7BrN2O4/c1-18-11(15)8-5-7(12)6-3-2-4-9(14(16)17)10(6)13-8/h2-5H,1H3. The van der Waals surface area contributed by atoms with Crippen LogP contribution >= 0.6 is 15.9 Å². The van der Waals surface area contributed by atoms with Gasteiger partial charge in [-0.25, -0.2) is 9.78 Å². The van der Waals surface area contributed by atoms with E-state index in [0.29, 0.717) is 9.86 Å². The summed E-state index contributed by atoms with van der Waals surface area (Å²) in [6.07, 6.45) is 0. The van der Waals surface area contributed by atoms with Crippen LogP contribution in [0.5, 0.6) is 0 Å². The van der Waals surface area contributed by atoms with Gasteiger partial charge in [-0.3, -0.25) is 10.1 Å². The average Bonchev–Trinajstić information content (AvgIpc) is 2.36. The Kier molecular flexibility index (Phi) is 3.24. The summed E-state index contributed by atoms with van der Waals surface area (Å²) in [5.74, 6) is -0.643. The topological polar surface area (TPSA) is 82.3 Å². The number of rotatable bonds is 2. The Morgan fingerprint density at radius 3 is 2.83 bits per heavy atom. The first kappa shape index (κ1) is 12.4. The predicted molar refractivity (Wildman–Crippen MR) is 67.4 cm³/mol. The number of benzene rings is 1. The molecule has 6 nitrogen and oxygen atoms in total. The Morgan fingerprint density at radius 2 is 2.22 bits per heavy atom. The quantitative estimate of drug-likeness (QED) is 0.484. The van der Waals surface area contributed by atoms with Crippen molar-refractivity contribution in [3.8, 4) is 0 Å². The number of halogens is 1. The number of esters is 1. The highest BCUT2D eigenvalue weighted by atomic mass is 79.9. The molecule has 1 aromatic carbocycles. The number of nitro groups is 1. The van der Waals surface area contributed by atoms with Gasteiger partial charge < -0.3 is 4.74 Å². The largest absolute Gasteiger partial charge is 0.464 e. The number of carbonyl (C=O) groups excluding carboxylic acids is 1. The zero-order chi connectivity index (χ0) is 13.3. The van der Waals surface area contributed by atoms with Gasteiger partial charge in [0.15, 0.2) is 5.69 Å². The Balaban J connectivity index is 2.80. The van der Waals surface area contributed by atoms with E-state index >= 15 is 0 Å². The van der Waals surface area contributed by atoms with Crippen molar-refractivity contribution in [1.29, 1.82) is 0 Å². The lowest BCUT2D eigenvalue weighted by molar-refractivity contribution is -0.383. The molecule has 0 unspecified atom stereocenters. The minimum absolute atomic E-state index is 0.0196. The molecule has 18 heavy (non-hydrogen) atoms. The van der Waals surface area contributed by atoms with E-state index in [1.807, 2.05) is 0 Å². The van der Waals surface area contributed by atoms with E-state index in [4.69, 9.17) is 0 Å². The number of fused-ring (bicyclic) bond motifs is 1. The third kappa shape index (κ3) is 2.04. The zero-order valence-electron chi connectivity index (χ0n) is 9.21. The van der Waals surface area contributed by atoms with Crippen molar-refractivity contribution in [3.05, 3.63) is 44.5 Å². The molecule has 1 heterocycles. The van der Waals surface area contributed by atoms with Crippen LogP contribution < -0.4 is 0 Å². The maximum absolute atomic E-state index is 11.4. The Bertz CT molecular complexity index is 657. The molecule has 2 aromatic rings. The van der Waals surface area contributed by atoms with Crippen molar-refractivity contribution in [2.75, 3.05) is 7.11 Å². The molecule has 92 valence electrons. The fourth-order valence-corrected chi connectivity index (χ4v) is 2.09. The summed E-state index contributed by atoms with van der Waals surface area (Å²) < 4.78 is 5.10. The first-order valence-electron chi connectivity index (χ1n) is 4.86. The molecule has 0 bridgehead atoms. The number of hydrogen-bond acceptors (Lipinski definition) is 5. The van der Waals surface area contributed by atoms with Gasteiger partial charge in [-0.15, -0.1) is 0 Å². The van der Waals surface area contributed by atoms with Crippen molar-refractivity contribution in [2.24, 2.45) is 0 Å². The first-order chi connectivity index (χ1) is 8.54. The Morgan fingerprint density at radius 1 is 1.50 bits per heavy atom. The lowest BCUT2D eigenvalue weighted by Crippen LogP contribution is -2.05. The van der Waals surface area contributed by atoms with Crippen LogP contribution in [0, 0.1) is 10.1 Å². The summed E-state index contributed by atoms with van der Waals surface area (Å²) in [6.45, 7) is 0. The molecular weight excluding hydrogens is 304 g/mol. The predicted octanol–water partition coefficient (Wildman–Crippen LogP) is 2.69. The fraction of sp³-hybridized carbons (Fsp3) is 0.0909. The molecule has 0 aliphatic rings. The summed E-state index contributed by atoms with van der Waals surface area (Å²) in [5.41, 5.74) is 0.0161. The number of nitrogens with zero attached hydrogens (tertiary/aromatic N) is 2. The second-order valence-electron chi connectivity index (χ2n) is 3.41. The van der Waals surface area contributed by atoms with Crippen molar-refractivity contribution in [2.45, 2.75) is 0 Å². The molecule has 0 radical (unpaired) electrons. The lowest BCUT2D eigenvalue weighted by Gasteiger charge is -2.04. The second-order valence-corrected chi connectivity index (χ2v) is 4.27. The van der Waals surface area contributed by atoms with Crippen LogP contribution in [-0.2, 0) is 4.74 Å². The van der Waals surface area contributed by atoms with Gasteiger partial charge in [0.2, 0.25) is 0 Å². The van der Waals surface area contributed by atoms with Crippen LogP contribution in [0.25, 0.3) is 10.9 Å². The van der Waals surface area contributed by atoms with Crippen molar-refractivity contribution in [3.63, 3.8) is 0 Å². The van der Waals surface area contributed by atoms with Crippen LogP contribution in [0.15, 0.2) is 28.7 Å². The lowest BCUT2D eigenvalue weighted by atomic mass is 10.2. The zero-order valence-corrected chi connectivity index (χ0v) is 10.8.